The summed E-state index contributed by atoms with van der Waals surface area (Å²) in [5.41, 5.74) is 0. The molecule has 1 heterocycles. The molecule has 1 aliphatic heterocycles. The molecule has 1 amide bonds. The van der Waals surface area contributed by atoms with Crippen LogP contribution in [0.5, 0.6) is 0 Å². The molecule has 5 heteroatoms. The SMILES string of the molecule is O=C(CCCC1CCOCC1)NC1CC(C(=O)O)C1. The van der Waals surface area contributed by atoms with Gasteiger partial charge in [-0.3, -0.25) is 9.59 Å². The normalized spacial score (nSPS) is 27.6. The van der Waals surface area contributed by atoms with Crippen molar-refractivity contribution in [1.82, 2.24) is 5.32 Å². The van der Waals surface area contributed by atoms with Crippen LogP contribution in [0.1, 0.15) is 44.9 Å². The standard InChI is InChI=1S/C14H23NO4/c16-13(15-12-8-11(9-12)14(17)18)3-1-2-10-4-6-19-7-5-10/h10-12H,1-9H2,(H,15,16)(H,17,18). The molecule has 0 aromatic heterocycles. The van der Waals surface area contributed by atoms with Crippen LogP contribution in [0.3, 0.4) is 0 Å². The molecule has 0 atom stereocenters. The van der Waals surface area contributed by atoms with E-state index in [9.17, 15) is 9.59 Å². The molecule has 1 saturated heterocycles. The maximum atomic E-state index is 11.7. The molecule has 1 aliphatic carbocycles. The van der Waals surface area contributed by atoms with Crippen molar-refractivity contribution in [3.8, 4) is 0 Å². The lowest BCUT2D eigenvalue weighted by Gasteiger charge is -2.32. The van der Waals surface area contributed by atoms with Gasteiger partial charge in [0.1, 0.15) is 0 Å². The van der Waals surface area contributed by atoms with Crippen LogP contribution in [0.2, 0.25) is 0 Å². The third-order valence-electron chi connectivity index (χ3n) is 4.21. The number of amides is 1. The molecular weight excluding hydrogens is 246 g/mol. The average Bonchev–Trinajstić information content (AvgIpc) is 2.34. The van der Waals surface area contributed by atoms with Gasteiger partial charge in [0.15, 0.2) is 0 Å². The second kappa shape index (κ2) is 6.89. The predicted octanol–water partition coefficient (Wildman–Crippen LogP) is 1.56. The highest BCUT2D eigenvalue weighted by atomic mass is 16.5. The van der Waals surface area contributed by atoms with Crippen LogP contribution < -0.4 is 5.32 Å². The first-order valence-electron chi connectivity index (χ1n) is 7.25. The van der Waals surface area contributed by atoms with Crippen molar-refractivity contribution >= 4 is 11.9 Å². The summed E-state index contributed by atoms with van der Waals surface area (Å²) in [7, 11) is 0. The molecule has 0 unspecified atom stereocenters. The number of hydrogen-bond donors (Lipinski definition) is 2. The van der Waals surface area contributed by atoms with Crippen molar-refractivity contribution in [1.29, 1.82) is 0 Å². The monoisotopic (exact) mass is 269 g/mol. The third kappa shape index (κ3) is 4.49. The Morgan fingerprint density at radius 3 is 2.53 bits per heavy atom. The fourth-order valence-corrected chi connectivity index (χ4v) is 2.82. The van der Waals surface area contributed by atoms with E-state index in [-0.39, 0.29) is 17.9 Å². The Balaban J connectivity index is 1.52. The summed E-state index contributed by atoms with van der Waals surface area (Å²) in [4.78, 5) is 22.3. The van der Waals surface area contributed by atoms with Gasteiger partial charge in [0.2, 0.25) is 5.91 Å². The molecule has 1 saturated carbocycles. The number of carboxylic acids is 1. The Labute approximate surface area is 113 Å². The minimum Gasteiger partial charge on any atom is -0.481 e. The molecule has 2 aliphatic rings. The first-order valence-corrected chi connectivity index (χ1v) is 7.25. The number of carbonyl (C=O) groups excluding carboxylic acids is 1. The third-order valence-corrected chi connectivity index (χ3v) is 4.21. The van der Waals surface area contributed by atoms with Crippen LogP contribution in [0, 0.1) is 11.8 Å². The Bertz CT molecular complexity index is 319. The van der Waals surface area contributed by atoms with Crippen LogP contribution in [-0.2, 0) is 14.3 Å². The van der Waals surface area contributed by atoms with E-state index in [1.807, 2.05) is 0 Å². The molecule has 108 valence electrons. The average molecular weight is 269 g/mol. The number of carbonyl (C=O) groups is 2. The largest absolute Gasteiger partial charge is 0.481 e. The highest BCUT2D eigenvalue weighted by molar-refractivity contribution is 5.77. The van der Waals surface area contributed by atoms with Crippen molar-refractivity contribution in [3.63, 3.8) is 0 Å². The summed E-state index contributed by atoms with van der Waals surface area (Å²) >= 11 is 0. The van der Waals surface area contributed by atoms with E-state index in [1.165, 1.54) is 0 Å². The second-order valence-corrected chi connectivity index (χ2v) is 5.72. The van der Waals surface area contributed by atoms with Crippen LogP contribution in [0.15, 0.2) is 0 Å². The minimum absolute atomic E-state index is 0.0703. The highest BCUT2D eigenvalue weighted by Gasteiger charge is 2.35. The molecule has 5 nitrogen and oxygen atoms in total. The topological polar surface area (TPSA) is 75.6 Å². The van der Waals surface area contributed by atoms with Crippen molar-refractivity contribution in [2.75, 3.05) is 13.2 Å². The molecule has 0 aromatic rings. The fourth-order valence-electron chi connectivity index (χ4n) is 2.82. The van der Waals surface area contributed by atoms with Gasteiger partial charge in [-0.05, 0) is 44.4 Å². The molecule has 19 heavy (non-hydrogen) atoms. The van der Waals surface area contributed by atoms with Crippen LogP contribution >= 0.6 is 0 Å². The zero-order valence-electron chi connectivity index (χ0n) is 11.3. The van der Waals surface area contributed by atoms with Crippen LogP contribution in [-0.4, -0.2) is 36.2 Å². The Hall–Kier alpha value is -1.10. The van der Waals surface area contributed by atoms with E-state index < -0.39 is 5.97 Å². The summed E-state index contributed by atoms with van der Waals surface area (Å²) in [5, 5.41) is 11.7. The van der Waals surface area contributed by atoms with Gasteiger partial charge in [-0.15, -0.1) is 0 Å². The summed E-state index contributed by atoms with van der Waals surface area (Å²) < 4.78 is 5.30. The van der Waals surface area contributed by atoms with E-state index in [2.05, 4.69) is 5.32 Å². The fraction of sp³-hybridized carbons (Fsp3) is 0.857. The lowest BCUT2D eigenvalue weighted by molar-refractivity contribution is -0.146. The number of carboxylic acid groups (broad SMARTS) is 1. The lowest BCUT2D eigenvalue weighted by Crippen LogP contribution is -2.46. The number of rotatable bonds is 6. The van der Waals surface area contributed by atoms with Crippen molar-refractivity contribution < 1.29 is 19.4 Å². The van der Waals surface area contributed by atoms with Crippen molar-refractivity contribution in [2.24, 2.45) is 11.8 Å². The van der Waals surface area contributed by atoms with E-state index in [4.69, 9.17) is 9.84 Å². The van der Waals surface area contributed by atoms with E-state index in [0.717, 1.165) is 38.9 Å². The number of aliphatic carboxylic acids is 1. The summed E-state index contributed by atoms with van der Waals surface area (Å²) in [6.07, 6.45) is 5.98. The summed E-state index contributed by atoms with van der Waals surface area (Å²) in [6, 6.07) is 0.0803. The molecule has 0 spiro atoms. The number of nitrogens with one attached hydrogen (secondary N) is 1. The van der Waals surface area contributed by atoms with Gasteiger partial charge in [0.05, 0.1) is 5.92 Å². The zero-order chi connectivity index (χ0) is 13.7. The maximum absolute atomic E-state index is 11.7. The van der Waals surface area contributed by atoms with Gasteiger partial charge >= 0.3 is 5.97 Å². The molecule has 0 bridgehead atoms. The number of hydrogen-bond acceptors (Lipinski definition) is 3. The van der Waals surface area contributed by atoms with Gasteiger partial charge in [0.25, 0.3) is 0 Å². The first-order chi connectivity index (χ1) is 9.15. The van der Waals surface area contributed by atoms with Gasteiger partial charge in [-0.25, -0.2) is 0 Å². The lowest BCUT2D eigenvalue weighted by atomic mass is 9.80. The maximum Gasteiger partial charge on any atom is 0.306 e. The Kier molecular flexibility index (Phi) is 5.19. The van der Waals surface area contributed by atoms with Crippen molar-refractivity contribution in [2.45, 2.75) is 51.0 Å². The van der Waals surface area contributed by atoms with Crippen LogP contribution in [0.25, 0.3) is 0 Å². The van der Waals surface area contributed by atoms with E-state index in [0.29, 0.717) is 25.2 Å². The second-order valence-electron chi connectivity index (χ2n) is 5.72. The van der Waals surface area contributed by atoms with Crippen molar-refractivity contribution in [3.05, 3.63) is 0 Å². The van der Waals surface area contributed by atoms with Gasteiger partial charge in [-0.2, -0.15) is 0 Å². The first kappa shape index (κ1) is 14.3. The van der Waals surface area contributed by atoms with Crippen LogP contribution in [0.4, 0.5) is 0 Å². The summed E-state index contributed by atoms with van der Waals surface area (Å²) in [5.74, 6) is -0.222. The molecular formula is C14H23NO4. The van der Waals surface area contributed by atoms with E-state index in [1.54, 1.807) is 0 Å². The molecule has 2 fully saturated rings. The van der Waals surface area contributed by atoms with Gasteiger partial charge in [0, 0.05) is 25.7 Å². The van der Waals surface area contributed by atoms with Gasteiger partial charge in [-0.1, -0.05) is 0 Å². The molecule has 0 aromatic carbocycles. The Morgan fingerprint density at radius 2 is 1.89 bits per heavy atom. The minimum atomic E-state index is -0.745. The molecule has 2 rings (SSSR count). The smallest absolute Gasteiger partial charge is 0.306 e. The predicted molar refractivity (Wildman–Crippen MR) is 69.7 cm³/mol. The van der Waals surface area contributed by atoms with E-state index >= 15 is 0 Å². The zero-order valence-corrected chi connectivity index (χ0v) is 11.3. The number of ether oxygens (including phenoxy) is 1. The van der Waals surface area contributed by atoms with Gasteiger partial charge < -0.3 is 15.2 Å². The molecule has 2 N–H and O–H groups in total. The Morgan fingerprint density at radius 1 is 1.21 bits per heavy atom. The highest BCUT2D eigenvalue weighted by Crippen LogP contribution is 2.27. The summed E-state index contributed by atoms with van der Waals surface area (Å²) in [6.45, 7) is 1.71. The quantitative estimate of drug-likeness (QED) is 0.767. The molecule has 0 radical (unpaired) electrons.